The summed E-state index contributed by atoms with van der Waals surface area (Å²) in [4.78, 5) is 128. The van der Waals surface area contributed by atoms with Crippen LogP contribution < -0.4 is 50.2 Å². The number of fused-ring (bicyclic) bond motifs is 3. The Bertz CT molecular complexity index is 4270. The van der Waals surface area contributed by atoms with Gasteiger partial charge in [-0.25, -0.2) is 4.79 Å². The number of amides is 9. The number of nitrogens with zero attached hydrogens (tertiary/aromatic N) is 8. The molecule has 5 fully saturated rings. The molecule has 8 aliphatic heterocycles. The fraction of sp³-hybridized carbons (Fsp3) is 0.489. The first kappa shape index (κ1) is 82.1. The molecule has 0 unspecified atom stereocenters. The van der Waals surface area contributed by atoms with Gasteiger partial charge in [0.1, 0.15) is 22.8 Å². The molecule has 6 aromatic carbocycles. The van der Waals surface area contributed by atoms with Crippen LogP contribution in [-0.4, -0.2) is 234 Å². The number of nitrogens with one attached hydrogen (secondary N) is 4. The predicted molar refractivity (Wildman–Crippen MR) is 434 cm³/mol. The zero-order valence-corrected chi connectivity index (χ0v) is 66.1. The normalized spacial score (nSPS) is 18.0. The van der Waals surface area contributed by atoms with Gasteiger partial charge < -0.3 is 79.4 Å². The SMILES string of the molecule is CC(=O)NCCNC(=O)c1ccccc1C1CCN(CCN2C(=O)COc3ccccc32)CC1.CC(C)(C)OC(=O)N1CCC(CNC(=O)c2ccccc2C2CCN(CCN3C(=O)COc4ccccc43)CC2)CC1.O=C(NCCCN1CCCC1=O)c1ccccc1C1CCN(CCN2C(=O)COc3ccccc32)CC1. The fourth-order valence-electron chi connectivity index (χ4n) is 16.5. The predicted octanol–water partition coefficient (Wildman–Crippen LogP) is 9.86. The van der Waals surface area contributed by atoms with Gasteiger partial charge >= 0.3 is 6.09 Å². The molecule has 602 valence electrons. The number of carbonyl (C=O) groups is 9. The summed E-state index contributed by atoms with van der Waals surface area (Å²) in [5.41, 5.74) is 7.58. The summed E-state index contributed by atoms with van der Waals surface area (Å²) in [7, 11) is 0. The van der Waals surface area contributed by atoms with E-state index in [0.29, 0.717) is 101 Å². The lowest BCUT2D eigenvalue weighted by Gasteiger charge is -2.35. The molecule has 0 atom stereocenters. The molecule has 8 aliphatic rings. The van der Waals surface area contributed by atoms with Crippen LogP contribution in [0, 0.1) is 5.92 Å². The van der Waals surface area contributed by atoms with E-state index in [9.17, 15) is 43.2 Å². The first-order chi connectivity index (χ1) is 54.8. The van der Waals surface area contributed by atoms with E-state index in [4.69, 9.17) is 18.9 Å². The molecule has 25 heteroatoms. The van der Waals surface area contributed by atoms with Gasteiger partial charge in [-0.1, -0.05) is 91.0 Å². The van der Waals surface area contributed by atoms with E-state index < -0.39 is 5.60 Å². The first-order valence-corrected chi connectivity index (χ1v) is 40.7. The van der Waals surface area contributed by atoms with Crippen LogP contribution in [0.2, 0.25) is 0 Å². The quantitative estimate of drug-likeness (QED) is 0.0411. The summed E-state index contributed by atoms with van der Waals surface area (Å²) in [5, 5.41) is 11.8. The summed E-state index contributed by atoms with van der Waals surface area (Å²) >= 11 is 0. The van der Waals surface area contributed by atoms with Crippen molar-refractivity contribution in [3.05, 3.63) is 179 Å². The van der Waals surface area contributed by atoms with E-state index >= 15 is 0 Å². The standard InChI is InChI=1S/C33H44N4O5.C29H36N4O4.C26H32N4O4/c1-33(2,3)42-32(40)36-18-12-24(13-19-36)22-34-31(39)27-9-5-4-8-26(27)25-14-16-35(17-15-25)20-21-37-28-10-6-7-11-29(28)41-23-30(37)38;34-27-11-5-15-32(27)16-6-14-30-29(36)24-8-2-1-7-23(24)22-12-17-31(18-13-22)19-20-33-25-9-3-4-10-26(25)37-21-28(33)35;1-19(31)27-12-13-28-26(33)22-7-3-2-6-21(22)20-10-14-29(15-11-20)16-17-30-23-8-4-5-9-24(23)34-18-25(30)32/h4-11,24-25H,12-23H2,1-3H3,(H,34,39);1-4,7-10,22H,5-6,11-21H2,(H,30,36);2-9,20H,10-18H2,1H3,(H,27,31)(H,28,33). The van der Waals surface area contributed by atoms with Crippen molar-refractivity contribution in [3.8, 4) is 17.2 Å². The molecule has 25 nitrogen and oxygen atoms in total. The number of anilines is 3. The number of ether oxygens (including phenoxy) is 4. The van der Waals surface area contributed by atoms with Crippen LogP contribution in [0.4, 0.5) is 21.9 Å². The van der Waals surface area contributed by atoms with Crippen molar-refractivity contribution < 1.29 is 62.1 Å². The number of benzene rings is 6. The Morgan fingerprint density at radius 1 is 0.407 bits per heavy atom. The molecule has 0 aromatic heterocycles. The van der Waals surface area contributed by atoms with E-state index in [0.717, 1.165) is 192 Å². The Kier molecular flexibility index (Phi) is 29.0. The molecule has 14 rings (SSSR count). The van der Waals surface area contributed by atoms with Crippen molar-refractivity contribution in [3.63, 3.8) is 0 Å². The Hall–Kier alpha value is -10.4. The van der Waals surface area contributed by atoms with Crippen LogP contribution in [0.25, 0.3) is 0 Å². The highest BCUT2D eigenvalue weighted by atomic mass is 16.6. The Labute approximate surface area is 664 Å². The van der Waals surface area contributed by atoms with Gasteiger partial charge in [0.05, 0.1) is 17.1 Å². The molecule has 0 saturated carbocycles. The van der Waals surface area contributed by atoms with Crippen LogP contribution in [-0.2, 0) is 28.7 Å². The van der Waals surface area contributed by atoms with Gasteiger partial charge in [0.15, 0.2) is 19.8 Å². The Balaban J connectivity index is 0.000000158. The van der Waals surface area contributed by atoms with E-state index in [1.54, 1.807) is 4.90 Å². The molecule has 113 heavy (non-hydrogen) atoms. The second-order valence-electron chi connectivity index (χ2n) is 31.5. The van der Waals surface area contributed by atoms with Crippen molar-refractivity contribution in [1.82, 2.24) is 45.8 Å². The third kappa shape index (κ3) is 22.5. The summed E-state index contributed by atoms with van der Waals surface area (Å²) in [6.45, 7) is 22.1. The highest BCUT2D eigenvalue weighted by molar-refractivity contribution is 6.00. The Morgan fingerprint density at radius 3 is 1.15 bits per heavy atom. The average Bonchev–Trinajstić information content (AvgIpc) is 1.12. The summed E-state index contributed by atoms with van der Waals surface area (Å²) < 4.78 is 22.2. The van der Waals surface area contributed by atoms with E-state index in [1.807, 2.05) is 174 Å². The number of carbonyl (C=O) groups excluding carboxylic acids is 9. The molecule has 9 amide bonds. The third-order valence-electron chi connectivity index (χ3n) is 22.7. The maximum absolute atomic E-state index is 13.3. The largest absolute Gasteiger partial charge is 0.482 e. The molecular weight excluding hydrogens is 1430 g/mol. The van der Waals surface area contributed by atoms with E-state index in [1.165, 1.54) is 6.92 Å². The minimum absolute atomic E-state index is 0.000514. The second-order valence-corrected chi connectivity index (χ2v) is 31.5. The first-order valence-electron chi connectivity index (χ1n) is 40.7. The van der Waals surface area contributed by atoms with Gasteiger partial charge in [0.2, 0.25) is 11.8 Å². The molecule has 0 bridgehead atoms. The molecule has 5 saturated heterocycles. The maximum Gasteiger partial charge on any atom is 0.410 e. The smallest absolute Gasteiger partial charge is 0.410 e. The van der Waals surface area contributed by atoms with Crippen molar-refractivity contribution in [2.45, 2.75) is 122 Å². The molecule has 6 aromatic rings. The van der Waals surface area contributed by atoms with Gasteiger partial charge in [0, 0.05) is 122 Å². The van der Waals surface area contributed by atoms with Crippen molar-refractivity contribution >= 4 is 70.4 Å². The average molecular weight is 1550 g/mol. The third-order valence-corrected chi connectivity index (χ3v) is 22.7. The lowest BCUT2D eigenvalue weighted by Crippen LogP contribution is -2.45. The monoisotopic (exact) mass is 1540 g/mol. The zero-order chi connectivity index (χ0) is 79.2. The van der Waals surface area contributed by atoms with Crippen molar-refractivity contribution in [2.75, 3.05) is 165 Å². The number of hydrogen-bond donors (Lipinski definition) is 4. The minimum atomic E-state index is -0.498. The topological polar surface area (TPSA) is 265 Å². The van der Waals surface area contributed by atoms with E-state index in [2.05, 4.69) is 48.1 Å². The van der Waals surface area contributed by atoms with Crippen molar-refractivity contribution in [1.29, 1.82) is 0 Å². The molecule has 0 spiro atoms. The summed E-state index contributed by atoms with van der Waals surface area (Å²) in [6, 6.07) is 46.8. The molecule has 0 aliphatic carbocycles. The Morgan fingerprint density at radius 2 is 0.770 bits per heavy atom. The van der Waals surface area contributed by atoms with Gasteiger partial charge in [-0.05, 0) is 219 Å². The van der Waals surface area contributed by atoms with Crippen LogP contribution in [0.5, 0.6) is 17.2 Å². The fourth-order valence-corrected chi connectivity index (χ4v) is 16.5. The summed E-state index contributed by atoms with van der Waals surface area (Å²) in [6.07, 6.45) is 9.63. The van der Waals surface area contributed by atoms with Gasteiger partial charge in [-0.15, -0.1) is 0 Å². The lowest BCUT2D eigenvalue weighted by molar-refractivity contribution is -0.128. The second kappa shape index (κ2) is 39.9. The minimum Gasteiger partial charge on any atom is -0.482 e. The van der Waals surface area contributed by atoms with Crippen LogP contribution >= 0.6 is 0 Å². The molecular formula is C88H112N12O13. The van der Waals surface area contributed by atoms with Gasteiger partial charge in [-0.3, -0.25) is 38.4 Å². The lowest BCUT2D eigenvalue weighted by atomic mass is 9.86. The molecule has 8 heterocycles. The number of rotatable bonds is 24. The maximum atomic E-state index is 13.3. The number of hydrogen-bond acceptors (Lipinski definition) is 16. The molecule has 4 N–H and O–H groups in total. The highest BCUT2D eigenvalue weighted by Crippen LogP contribution is 2.38. The van der Waals surface area contributed by atoms with Gasteiger partial charge in [0.25, 0.3) is 35.4 Å². The van der Waals surface area contributed by atoms with E-state index in [-0.39, 0.29) is 73.2 Å². The summed E-state index contributed by atoms with van der Waals surface area (Å²) in [5.74, 6) is 3.56. The highest BCUT2D eigenvalue weighted by Gasteiger charge is 2.34. The molecule has 0 radical (unpaired) electrons. The van der Waals surface area contributed by atoms with Gasteiger partial charge in [-0.2, -0.15) is 0 Å². The van der Waals surface area contributed by atoms with Crippen molar-refractivity contribution in [2.24, 2.45) is 5.92 Å². The number of para-hydroxylation sites is 6. The number of piperidine rings is 4. The zero-order valence-electron chi connectivity index (χ0n) is 66.1. The van der Waals surface area contributed by atoms with Crippen LogP contribution in [0.15, 0.2) is 146 Å². The number of likely N-dealkylation sites (tertiary alicyclic amines) is 5. The van der Waals surface area contributed by atoms with Crippen LogP contribution in [0.1, 0.15) is 164 Å². The van der Waals surface area contributed by atoms with Crippen LogP contribution in [0.3, 0.4) is 0 Å².